The summed E-state index contributed by atoms with van der Waals surface area (Å²) in [5, 5.41) is 9.53. The van der Waals surface area contributed by atoms with Gasteiger partial charge in [-0.2, -0.15) is 14.0 Å². The van der Waals surface area contributed by atoms with Crippen LogP contribution in [0.5, 0.6) is 5.75 Å². The van der Waals surface area contributed by atoms with E-state index in [0.29, 0.717) is 10.6 Å². The zero-order chi connectivity index (χ0) is 17.7. The molecule has 0 fully saturated rings. The second-order valence-electron chi connectivity index (χ2n) is 4.53. The Hall–Kier alpha value is -2.43. The number of nitriles is 1. The van der Waals surface area contributed by atoms with E-state index >= 15 is 0 Å². The molecule has 2 rings (SSSR count). The quantitative estimate of drug-likeness (QED) is 0.738. The molecule has 0 radical (unpaired) electrons. The van der Waals surface area contributed by atoms with Crippen molar-refractivity contribution in [3.8, 4) is 11.8 Å². The molecule has 4 nitrogen and oxygen atoms in total. The number of ether oxygens (including phenoxy) is 1. The lowest BCUT2D eigenvalue weighted by molar-refractivity contribution is -0.0498. The largest absolute Gasteiger partial charge is 0.435 e. The maximum atomic E-state index is 12.4. The van der Waals surface area contributed by atoms with E-state index in [0.717, 1.165) is 6.08 Å². The molecule has 0 unspecified atom stereocenters. The van der Waals surface area contributed by atoms with Crippen LogP contribution in [0.3, 0.4) is 0 Å². The highest BCUT2D eigenvalue weighted by molar-refractivity contribution is 7.95. The third-order valence-electron chi connectivity index (χ3n) is 2.93. The molecule has 0 aromatic heterocycles. The second-order valence-corrected chi connectivity index (χ2v) is 6.88. The smallest absolute Gasteiger partial charge is 0.387 e. The summed E-state index contributed by atoms with van der Waals surface area (Å²) in [4.78, 5) is -0.551. The Morgan fingerprint density at radius 3 is 2.21 bits per heavy atom. The number of rotatable bonds is 5. The van der Waals surface area contributed by atoms with Crippen LogP contribution in [0.1, 0.15) is 5.56 Å². The van der Waals surface area contributed by atoms with Crippen LogP contribution < -0.4 is 4.74 Å². The van der Waals surface area contributed by atoms with Crippen LogP contribution in [0.2, 0.25) is 5.02 Å². The molecule has 0 amide bonds. The first kappa shape index (κ1) is 17.9. The van der Waals surface area contributed by atoms with Crippen LogP contribution in [0.25, 0.3) is 6.08 Å². The fraction of sp³-hybridized carbons (Fsp3) is 0.0625. The number of sulfone groups is 1. The highest BCUT2D eigenvalue weighted by Crippen LogP contribution is 2.23. The van der Waals surface area contributed by atoms with Gasteiger partial charge in [0, 0.05) is 5.02 Å². The summed E-state index contributed by atoms with van der Waals surface area (Å²) in [5.41, 5.74) is 0.353. The first-order valence-corrected chi connectivity index (χ1v) is 8.36. The number of nitrogens with zero attached hydrogens (tertiary/aromatic N) is 1. The van der Waals surface area contributed by atoms with E-state index in [1.807, 2.05) is 0 Å². The Labute approximate surface area is 142 Å². The number of alkyl halides is 2. The molecule has 0 aliphatic heterocycles. The van der Waals surface area contributed by atoms with Gasteiger partial charge in [0.1, 0.15) is 16.7 Å². The topological polar surface area (TPSA) is 67.2 Å². The highest BCUT2D eigenvalue weighted by Gasteiger charge is 2.20. The van der Waals surface area contributed by atoms with Crippen molar-refractivity contribution in [1.29, 1.82) is 5.26 Å². The van der Waals surface area contributed by atoms with E-state index < -0.39 is 21.4 Å². The fourth-order valence-electron chi connectivity index (χ4n) is 1.81. The minimum absolute atomic E-state index is 0.0683. The van der Waals surface area contributed by atoms with E-state index in [4.69, 9.17) is 16.9 Å². The first-order chi connectivity index (χ1) is 11.3. The molecule has 0 saturated heterocycles. The number of hydrogen-bond acceptors (Lipinski definition) is 4. The van der Waals surface area contributed by atoms with Gasteiger partial charge in [0.2, 0.25) is 9.84 Å². The molecular weight excluding hydrogens is 360 g/mol. The third kappa shape index (κ3) is 4.31. The van der Waals surface area contributed by atoms with E-state index in [-0.39, 0.29) is 10.6 Å². The van der Waals surface area contributed by atoms with Gasteiger partial charge in [-0.05, 0) is 48.0 Å². The molecule has 124 valence electrons. The summed E-state index contributed by atoms with van der Waals surface area (Å²) in [6.45, 7) is -2.95. The van der Waals surface area contributed by atoms with Crippen molar-refractivity contribution in [2.45, 2.75) is 11.5 Å². The fourth-order valence-corrected chi connectivity index (χ4v) is 3.09. The van der Waals surface area contributed by atoms with Crippen LogP contribution in [0.4, 0.5) is 8.78 Å². The standard InChI is InChI=1S/C16H10ClF2NO3S/c17-12-3-7-14(8-4-12)24(21,22)15(10-20)9-11-1-5-13(6-2-11)23-16(18)19/h1-9,16H. The molecule has 24 heavy (non-hydrogen) atoms. The highest BCUT2D eigenvalue weighted by atomic mass is 35.5. The van der Waals surface area contributed by atoms with Crippen LogP contribution in [0, 0.1) is 11.3 Å². The van der Waals surface area contributed by atoms with Gasteiger partial charge in [0.05, 0.1) is 4.90 Å². The Morgan fingerprint density at radius 1 is 1.12 bits per heavy atom. The average molecular weight is 370 g/mol. The first-order valence-electron chi connectivity index (χ1n) is 6.50. The van der Waals surface area contributed by atoms with E-state index in [1.165, 1.54) is 48.5 Å². The van der Waals surface area contributed by atoms with E-state index in [1.54, 1.807) is 6.07 Å². The average Bonchev–Trinajstić information content (AvgIpc) is 2.54. The molecule has 0 saturated carbocycles. The van der Waals surface area contributed by atoms with Crippen molar-refractivity contribution < 1.29 is 21.9 Å². The minimum atomic E-state index is -4.01. The van der Waals surface area contributed by atoms with Crippen LogP contribution in [0.15, 0.2) is 58.3 Å². The zero-order valence-corrected chi connectivity index (χ0v) is 13.6. The van der Waals surface area contributed by atoms with Crippen LogP contribution in [-0.4, -0.2) is 15.0 Å². The normalized spacial score (nSPS) is 12.0. The number of benzene rings is 2. The molecule has 0 N–H and O–H groups in total. The lowest BCUT2D eigenvalue weighted by atomic mass is 10.2. The van der Waals surface area contributed by atoms with Crippen molar-refractivity contribution >= 4 is 27.5 Å². The summed E-state index contributed by atoms with van der Waals surface area (Å²) >= 11 is 5.72. The summed E-state index contributed by atoms with van der Waals surface area (Å²) < 4.78 is 53.3. The van der Waals surface area contributed by atoms with Crippen LogP contribution in [-0.2, 0) is 9.84 Å². The third-order valence-corrected chi connectivity index (χ3v) is 4.86. The molecule has 0 atom stereocenters. The Balaban J connectivity index is 2.35. The van der Waals surface area contributed by atoms with Gasteiger partial charge in [-0.25, -0.2) is 8.42 Å². The molecule has 0 heterocycles. The summed E-state index contributed by atoms with van der Waals surface area (Å²) in [5.74, 6) is -0.0683. The molecule has 0 aliphatic rings. The van der Waals surface area contributed by atoms with Gasteiger partial charge >= 0.3 is 6.61 Å². The minimum Gasteiger partial charge on any atom is -0.435 e. The van der Waals surface area contributed by atoms with Crippen molar-refractivity contribution in [2.24, 2.45) is 0 Å². The predicted octanol–water partition coefficient (Wildman–Crippen LogP) is 4.28. The van der Waals surface area contributed by atoms with E-state index in [2.05, 4.69) is 4.74 Å². The Morgan fingerprint density at radius 2 is 1.71 bits per heavy atom. The second kappa shape index (κ2) is 7.43. The van der Waals surface area contributed by atoms with Crippen molar-refractivity contribution in [2.75, 3.05) is 0 Å². The summed E-state index contributed by atoms with van der Waals surface area (Å²) in [6.07, 6.45) is 1.15. The van der Waals surface area contributed by atoms with Crippen molar-refractivity contribution in [1.82, 2.24) is 0 Å². The van der Waals surface area contributed by atoms with Gasteiger partial charge in [-0.1, -0.05) is 23.7 Å². The van der Waals surface area contributed by atoms with Crippen molar-refractivity contribution in [3.63, 3.8) is 0 Å². The summed E-state index contributed by atoms with van der Waals surface area (Å²) in [7, 11) is -4.01. The summed E-state index contributed by atoms with van der Waals surface area (Å²) in [6, 6.07) is 12.3. The molecule has 0 bridgehead atoms. The van der Waals surface area contributed by atoms with Gasteiger partial charge in [0.15, 0.2) is 0 Å². The van der Waals surface area contributed by atoms with Crippen molar-refractivity contribution in [3.05, 3.63) is 64.0 Å². The van der Waals surface area contributed by atoms with E-state index in [9.17, 15) is 17.2 Å². The molecule has 2 aromatic rings. The molecule has 0 spiro atoms. The molecular formula is C16H10ClF2NO3S. The van der Waals surface area contributed by atoms with Crippen LogP contribution >= 0.6 is 11.6 Å². The number of allylic oxidation sites excluding steroid dienone is 1. The number of hydrogen-bond donors (Lipinski definition) is 0. The zero-order valence-electron chi connectivity index (χ0n) is 12.0. The maximum absolute atomic E-state index is 12.4. The molecule has 0 aliphatic carbocycles. The maximum Gasteiger partial charge on any atom is 0.387 e. The lowest BCUT2D eigenvalue weighted by Gasteiger charge is -2.05. The van der Waals surface area contributed by atoms with Gasteiger partial charge in [-0.3, -0.25) is 0 Å². The molecule has 2 aromatic carbocycles. The molecule has 8 heteroatoms. The lowest BCUT2D eigenvalue weighted by Crippen LogP contribution is -2.03. The van der Waals surface area contributed by atoms with Gasteiger partial charge in [-0.15, -0.1) is 0 Å². The monoisotopic (exact) mass is 369 g/mol. The Kier molecular flexibility index (Phi) is 5.54. The SMILES string of the molecule is N#CC(=Cc1ccc(OC(F)F)cc1)S(=O)(=O)c1ccc(Cl)cc1. The predicted molar refractivity (Wildman–Crippen MR) is 85.3 cm³/mol. The number of halogens is 3. The van der Waals surface area contributed by atoms with Gasteiger partial charge in [0.25, 0.3) is 0 Å². The van der Waals surface area contributed by atoms with Gasteiger partial charge < -0.3 is 4.74 Å². The Bertz CT molecular complexity index is 886.